The number of nitrogens with one attached hydrogen (secondary N) is 1. The first kappa shape index (κ1) is 17.3. The van der Waals surface area contributed by atoms with Gasteiger partial charge in [0, 0.05) is 11.5 Å². The first-order chi connectivity index (χ1) is 13.0. The monoisotopic (exact) mass is 383 g/mol. The lowest BCUT2D eigenvalue weighted by molar-refractivity contribution is -0.113. The van der Waals surface area contributed by atoms with E-state index in [-0.39, 0.29) is 11.7 Å². The predicted octanol–water partition coefficient (Wildman–Crippen LogP) is 3.23. The van der Waals surface area contributed by atoms with Crippen molar-refractivity contribution in [3.05, 3.63) is 41.7 Å². The van der Waals surface area contributed by atoms with Crippen LogP contribution in [-0.2, 0) is 4.79 Å². The van der Waals surface area contributed by atoms with E-state index in [9.17, 15) is 4.79 Å². The zero-order chi connectivity index (χ0) is 19.0. The molecule has 0 aliphatic rings. The third-order valence-corrected chi connectivity index (χ3v) is 4.99. The van der Waals surface area contributed by atoms with Crippen LogP contribution in [0.1, 0.15) is 11.3 Å². The molecule has 4 aromatic rings. The molecule has 0 atom stereocenters. The van der Waals surface area contributed by atoms with Gasteiger partial charge in [0.15, 0.2) is 16.6 Å². The number of pyridine rings is 1. The summed E-state index contributed by atoms with van der Waals surface area (Å²) in [5, 5.41) is 16.7. The molecule has 3 aromatic heterocycles. The minimum absolute atomic E-state index is 0.179. The molecule has 8 nitrogen and oxygen atoms in total. The smallest absolute Gasteiger partial charge is 0.236 e. The van der Waals surface area contributed by atoms with E-state index in [1.807, 2.05) is 29.5 Å². The Labute approximate surface area is 158 Å². The van der Waals surface area contributed by atoms with E-state index in [0.29, 0.717) is 16.7 Å². The second kappa shape index (κ2) is 6.92. The highest BCUT2D eigenvalue weighted by atomic mass is 32.2. The van der Waals surface area contributed by atoms with Crippen LogP contribution in [0.25, 0.3) is 16.6 Å². The lowest BCUT2D eigenvalue weighted by Crippen LogP contribution is -2.14. The van der Waals surface area contributed by atoms with Crippen LogP contribution in [0.2, 0.25) is 0 Å². The van der Waals surface area contributed by atoms with E-state index in [4.69, 9.17) is 9.26 Å². The minimum Gasteiger partial charge on any atom is -0.497 e. The molecule has 1 amide bonds. The molecule has 1 aromatic carbocycles. The van der Waals surface area contributed by atoms with Crippen molar-refractivity contribution in [3.63, 3.8) is 0 Å². The van der Waals surface area contributed by atoms with Crippen LogP contribution in [0, 0.1) is 13.8 Å². The normalized spacial score (nSPS) is 11.2. The van der Waals surface area contributed by atoms with Gasteiger partial charge in [-0.3, -0.25) is 9.20 Å². The lowest BCUT2D eigenvalue weighted by atomic mass is 10.1. The number of aromatic nitrogens is 4. The summed E-state index contributed by atoms with van der Waals surface area (Å²) in [4.78, 5) is 12.2. The number of ether oxygens (including phenoxy) is 1. The van der Waals surface area contributed by atoms with Crippen LogP contribution in [-0.4, -0.2) is 38.5 Å². The van der Waals surface area contributed by atoms with E-state index < -0.39 is 0 Å². The van der Waals surface area contributed by atoms with Crippen LogP contribution in [0.5, 0.6) is 5.75 Å². The van der Waals surface area contributed by atoms with Gasteiger partial charge in [0.05, 0.1) is 18.4 Å². The Bertz CT molecular complexity index is 1150. The Morgan fingerprint density at radius 2 is 2.11 bits per heavy atom. The Morgan fingerprint density at radius 3 is 2.85 bits per heavy atom. The molecule has 27 heavy (non-hydrogen) atoms. The van der Waals surface area contributed by atoms with Crippen LogP contribution < -0.4 is 10.1 Å². The van der Waals surface area contributed by atoms with Crippen LogP contribution >= 0.6 is 11.8 Å². The van der Waals surface area contributed by atoms with Crippen molar-refractivity contribution >= 4 is 40.0 Å². The Balaban J connectivity index is 1.62. The predicted molar refractivity (Wildman–Crippen MR) is 102 cm³/mol. The summed E-state index contributed by atoms with van der Waals surface area (Å²) in [6.07, 6.45) is 0. The molecule has 0 bridgehead atoms. The Morgan fingerprint density at radius 1 is 1.26 bits per heavy atom. The number of rotatable bonds is 5. The van der Waals surface area contributed by atoms with Crippen LogP contribution in [0.3, 0.4) is 0 Å². The third kappa shape index (κ3) is 3.33. The van der Waals surface area contributed by atoms with Crippen molar-refractivity contribution in [2.24, 2.45) is 0 Å². The molecule has 0 aliphatic carbocycles. The number of carbonyl (C=O) groups is 1. The number of benzene rings is 1. The molecule has 0 radical (unpaired) electrons. The van der Waals surface area contributed by atoms with Gasteiger partial charge < -0.3 is 14.6 Å². The average Bonchev–Trinajstić information content (AvgIpc) is 3.26. The molecule has 1 N–H and O–H groups in total. The van der Waals surface area contributed by atoms with Gasteiger partial charge in [0.25, 0.3) is 0 Å². The highest BCUT2D eigenvalue weighted by Gasteiger charge is 2.15. The summed E-state index contributed by atoms with van der Waals surface area (Å²) < 4.78 is 12.2. The van der Waals surface area contributed by atoms with Crippen molar-refractivity contribution < 1.29 is 14.1 Å². The van der Waals surface area contributed by atoms with Gasteiger partial charge in [-0.2, -0.15) is 0 Å². The zero-order valence-corrected chi connectivity index (χ0v) is 15.8. The van der Waals surface area contributed by atoms with E-state index >= 15 is 0 Å². The molecule has 9 heteroatoms. The van der Waals surface area contributed by atoms with Gasteiger partial charge in [-0.1, -0.05) is 16.9 Å². The fraction of sp³-hybridized carbons (Fsp3) is 0.222. The van der Waals surface area contributed by atoms with E-state index in [2.05, 4.69) is 26.7 Å². The van der Waals surface area contributed by atoms with Gasteiger partial charge in [-0.05, 0) is 43.7 Å². The maximum Gasteiger partial charge on any atom is 0.236 e. The third-order valence-electron chi connectivity index (χ3n) is 4.06. The molecule has 0 fully saturated rings. The number of nitrogens with zero attached hydrogens (tertiary/aromatic N) is 4. The van der Waals surface area contributed by atoms with Crippen molar-refractivity contribution in [2.45, 2.75) is 19.0 Å². The quantitative estimate of drug-likeness (QED) is 0.529. The molecule has 0 aliphatic heterocycles. The van der Waals surface area contributed by atoms with Gasteiger partial charge in [0.2, 0.25) is 5.91 Å². The van der Waals surface area contributed by atoms with Crippen LogP contribution in [0.4, 0.5) is 5.82 Å². The highest BCUT2D eigenvalue weighted by Crippen LogP contribution is 2.28. The molecule has 4 rings (SSSR count). The summed E-state index contributed by atoms with van der Waals surface area (Å²) in [7, 11) is 1.64. The van der Waals surface area contributed by atoms with E-state index in [1.165, 1.54) is 11.8 Å². The van der Waals surface area contributed by atoms with Gasteiger partial charge in [-0.15, -0.1) is 10.2 Å². The van der Waals surface area contributed by atoms with Crippen molar-refractivity contribution in [1.29, 1.82) is 0 Å². The Hall–Kier alpha value is -3.07. The lowest BCUT2D eigenvalue weighted by Gasteiger charge is -2.08. The molecule has 138 valence electrons. The van der Waals surface area contributed by atoms with Crippen LogP contribution in [0.15, 0.2) is 40.0 Å². The van der Waals surface area contributed by atoms with E-state index in [0.717, 1.165) is 27.9 Å². The largest absolute Gasteiger partial charge is 0.497 e. The molecule has 0 unspecified atom stereocenters. The topological polar surface area (TPSA) is 94.5 Å². The number of amides is 1. The summed E-state index contributed by atoms with van der Waals surface area (Å²) in [6, 6.07) is 9.54. The number of anilines is 1. The van der Waals surface area contributed by atoms with Gasteiger partial charge in [0.1, 0.15) is 11.5 Å². The maximum absolute atomic E-state index is 12.2. The highest BCUT2D eigenvalue weighted by molar-refractivity contribution is 7.99. The first-order valence-corrected chi connectivity index (χ1v) is 9.22. The first-order valence-electron chi connectivity index (χ1n) is 8.23. The molecule has 0 spiro atoms. The molecular weight excluding hydrogens is 366 g/mol. The zero-order valence-electron chi connectivity index (χ0n) is 15.0. The number of carbonyl (C=O) groups excluding carboxylic acids is 1. The Kier molecular flexibility index (Phi) is 4.44. The van der Waals surface area contributed by atoms with Gasteiger partial charge >= 0.3 is 0 Å². The van der Waals surface area contributed by atoms with Crippen molar-refractivity contribution in [2.75, 3.05) is 18.2 Å². The number of thioether (sulfide) groups is 1. The number of aryl methyl sites for hydroxylation is 2. The number of hydrogen-bond donors (Lipinski definition) is 1. The van der Waals surface area contributed by atoms with Gasteiger partial charge in [-0.25, -0.2) is 0 Å². The molecule has 0 saturated carbocycles. The number of methoxy groups -OCH3 is 1. The average molecular weight is 383 g/mol. The number of hydrogen-bond acceptors (Lipinski definition) is 7. The van der Waals surface area contributed by atoms with Crippen molar-refractivity contribution in [1.82, 2.24) is 19.8 Å². The summed E-state index contributed by atoms with van der Waals surface area (Å²) >= 11 is 1.31. The fourth-order valence-corrected chi connectivity index (χ4v) is 3.59. The number of fused-ring (bicyclic) bond motifs is 3. The molecule has 0 saturated heterocycles. The second-order valence-corrected chi connectivity index (χ2v) is 7.00. The maximum atomic E-state index is 12.2. The SMILES string of the molecule is COc1ccc2c(c1)cc(C)c1nnc(SCC(=O)Nc3cc(C)on3)n12. The fourth-order valence-electron chi connectivity index (χ4n) is 2.85. The van der Waals surface area contributed by atoms with E-state index in [1.54, 1.807) is 20.1 Å². The molecule has 3 heterocycles. The second-order valence-electron chi connectivity index (χ2n) is 6.05. The summed E-state index contributed by atoms with van der Waals surface area (Å²) in [6.45, 7) is 3.75. The molecular formula is C18H17N5O3S. The van der Waals surface area contributed by atoms with Crippen molar-refractivity contribution in [3.8, 4) is 5.75 Å². The minimum atomic E-state index is -0.191. The summed E-state index contributed by atoms with van der Waals surface area (Å²) in [5.41, 5.74) is 2.72. The summed E-state index contributed by atoms with van der Waals surface area (Å²) in [5.74, 6) is 1.81. The standard InChI is InChI=1S/C18H17N5O3S/c1-10-6-12-8-13(25-3)4-5-14(12)23-17(10)20-21-18(23)27-9-16(24)19-15-7-11(2)26-22-15/h4-8H,9H2,1-3H3,(H,19,22,24).